The molecule has 10 heteroatoms. The largest absolute Gasteiger partial charge is 0.296 e. The SMILES string of the molecule is C=CCSc1nnc(NC(=O)c2cccc(NS(=O)(=O)c3ccccc3)c2C)s1. The maximum Gasteiger partial charge on any atom is 0.261 e. The topological polar surface area (TPSA) is 101 Å². The number of carbonyl (C=O) groups is 1. The Labute approximate surface area is 177 Å². The monoisotopic (exact) mass is 446 g/mol. The molecule has 1 amide bonds. The lowest BCUT2D eigenvalue weighted by Crippen LogP contribution is -2.17. The van der Waals surface area contributed by atoms with Gasteiger partial charge in [0.2, 0.25) is 5.13 Å². The number of thioether (sulfide) groups is 1. The second kappa shape index (κ2) is 9.21. The molecule has 3 rings (SSSR count). The molecule has 0 atom stereocenters. The fourth-order valence-corrected chi connectivity index (χ4v) is 5.06. The summed E-state index contributed by atoms with van der Waals surface area (Å²) in [6.07, 6.45) is 1.76. The molecule has 0 saturated carbocycles. The number of nitrogens with one attached hydrogen (secondary N) is 2. The van der Waals surface area contributed by atoms with E-state index in [2.05, 4.69) is 26.8 Å². The molecule has 0 aliphatic rings. The molecule has 0 radical (unpaired) electrons. The second-order valence-corrected chi connectivity index (χ2v) is 9.75. The zero-order valence-corrected chi connectivity index (χ0v) is 17.9. The zero-order valence-electron chi connectivity index (χ0n) is 15.5. The Kier molecular flexibility index (Phi) is 6.68. The predicted octanol–water partition coefficient (Wildman–Crippen LogP) is 4.18. The lowest BCUT2D eigenvalue weighted by molar-refractivity contribution is 0.102. The third-order valence-electron chi connectivity index (χ3n) is 3.83. The van der Waals surface area contributed by atoms with Crippen LogP contribution in [-0.4, -0.2) is 30.3 Å². The third kappa shape index (κ3) is 5.22. The maximum atomic E-state index is 12.7. The summed E-state index contributed by atoms with van der Waals surface area (Å²) in [7, 11) is -3.76. The van der Waals surface area contributed by atoms with Gasteiger partial charge in [-0.15, -0.1) is 16.8 Å². The van der Waals surface area contributed by atoms with Crippen LogP contribution in [0.15, 0.2) is 70.4 Å². The molecule has 0 bridgehead atoms. The van der Waals surface area contributed by atoms with Crippen LogP contribution in [0.2, 0.25) is 0 Å². The summed E-state index contributed by atoms with van der Waals surface area (Å²) in [6.45, 7) is 5.33. The van der Waals surface area contributed by atoms with E-state index in [1.165, 1.54) is 35.2 Å². The van der Waals surface area contributed by atoms with Crippen LogP contribution in [0.5, 0.6) is 0 Å². The molecule has 29 heavy (non-hydrogen) atoms. The van der Waals surface area contributed by atoms with E-state index in [9.17, 15) is 13.2 Å². The molecule has 0 saturated heterocycles. The molecule has 1 heterocycles. The number of nitrogens with zero attached hydrogens (tertiary/aromatic N) is 2. The minimum absolute atomic E-state index is 0.146. The van der Waals surface area contributed by atoms with Crippen molar-refractivity contribution >= 4 is 49.8 Å². The van der Waals surface area contributed by atoms with Crippen LogP contribution >= 0.6 is 23.1 Å². The highest BCUT2D eigenvalue weighted by Crippen LogP contribution is 2.27. The number of sulfonamides is 1. The lowest BCUT2D eigenvalue weighted by Gasteiger charge is -2.13. The van der Waals surface area contributed by atoms with Gasteiger partial charge in [0.05, 0.1) is 10.6 Å². The number of anilines is 2. The Hall–Kier alpha value is -2.69. The smallest absolute Gasteiger partial charge is 0.261 e. The van der Waals surface area contributed by atoms with Crippen molar-refractivity contribution in [2.24, 2.45) is 0 Å². The van der Waals surface area contributed by atoms with Crippen molar-refractivity contribution in [3.63, 3.8) is 0 Å². The van der Waals surface area contributed by atoms with Crippen molar-refractivity contribution in [1.82, 2.24) is 10.2 Å². The van der Waals surface area contributed by atoms with Crippen LogP contribution in [0, 0.1) is 6.92 Å². The first kappa shape index (κ1) is 21.0. The molecule has 2 N–H and O–H groups in total. The molecule has 0 aliphatic carbocycles. The summed E-state index contributed by atoms with van der Waals surface area (Å²) in [4.78, 5) is 12.8. The predicted molar refractivity (Wildman–Crippen MR) is 117 cm³/mol. The summed E-state index contributed by atoms with van der Waals surface area (Å²) in [5, 5.41) is 11.0. The van der Waals surface area contributed by atoms with Gasteiger partial charge >= 0.3 is 0 Å². The van der Waals surface area contributed by atoms with Crippen molar-refractivity contribution < 1.29 is 13.2 Å². The van der Waals surface area contributed by atoms with Crippen molar-refractivity contribution in [2.45, 2.75) is 16.2 Å². The number of hydrogen-bond acceptors (Lipinski definition) is 7. The second-order valence-electron chi connectivity index (χ2n) is 5.82. The molecule has 1 aromatic heterocycles. The number of rotatable bonds is 8. The first-order valence-electron chi connectivity index (χ1n) is 8.47. The van der Waals surface area contributed by atoms with E-state index in [1.807, 2.05) is 0 Å². The van der Waals surface area contributed by atoms with Gasteiger partial charge in [-0.2, -0.15) is 0 Å². The van der Waals surface area contributed by atoms with E-state index in [1.54, 1.807) is 49.4 Å². The van der Waals surface area contributed by atoms with Gasteiger partial charge in [-0.25, -0.2) is 8.42 Å². The van der Waals surface area contributed by atoms with Crippen molar-refractivity contribution in [2.75, 3.05) is 15.8 Å². The van der Waals surface area contributed by atoms with Crippen LogP contribution in [-0.2, 0) is 10.0 Å². The Bertz CT molecular complexity index is 1130. The molecule has 0 aliphatic heterocycles. The fourth-order valence-electron chi connectivity index (χ4n) is 2.41. The van der Waals surface area contributed by atoms with Crippen LogP contribution in [0.4, 0.5) is 10.8 Å². The summed E-state index contributed by atoms with van der Waals surface area (Å²) in [5.74, 6) is 0.311. The Morgan fingerprint density at radius 2 is 1.93 bits per heavy atom. The van der Waals surface area contributed by atoms with Gasteiger partial charge in [0.25, 0.3) is 15.9 Å². The molecule has 0 unspecified atom stereocenters. The van der Waals surface area contributed by atoms with E-state index in [0.717, 1.165) is 4.34 Å². The lowest BCUT2D eigenvalue weighted by atomic mass is 10.1. The zero-order chi connectivity index (χ0) is 20.9. The Morgan fingerprint density at radius 1 is 1.17 bits per heavy atom. The maximum absolute atomic E-state index is 12.7. The van der Waals surface area contributed by atoms with Crippen LogP contribution in [0.25, 0.3) is 0 Å². The van der Waals surface area contributed by atoms with Crippen molar-refractivity contribution in [3.8, 4) is 0 Å². The van der Waals surface area contributed by atoms with Gasteiger partial charge in [-0.05, 0) is 36.8 Å². The fraction of sp³-hybridized carbons (Fsp3) is 0.105. The molecule has 2 aromatic carbocycles. The highest BCUT2D eigenvalue weighted by Gasteiger charge is 2.18. The number of aromatic nitrogens is 2. The Balaban J connectivity index is 1.78. The van der Waals surface area contributed by atoms with Crippen LogP contribution < -0.4 is 10.0 Å². The molecule has 3 aromatic rings. The van der Waals surface area contributed by atoms with E-state index in [0.29, 0.717) is 27.7 Å². The first-order valence-corrected chi connectivity index (χ1v) is 11.8. The minimum Gasteiger partial charge on any atom is -0.296 e. The van der Waals surface area contributed by atoms with Crippen molar-refractivity contribution in [1.29, 1.82) is 0 Å². The number of carbonyl (C=O) groups excluding carboxylic acids is 1. The van der Waals surface area contributed by atoms with Crippen LogP contribution in [0.1, 0.15) is 15.9 Å². The number of amides is 1. The van der Waals surface area contributed by atoms with Crippen LogP contribution in [0.3, 0.4) is 0 Å². The summed E-state index contributed by atoms with van der Waals surface area (Å²) in [6, 6.07) is 12.9. The normalized spacial score (nSPS) is 11.1. The molecule has 0 spiro atoms. The van der Waals surface area contributed by atoms with E-state index < -0.39 is 10.0 Å². The van der Waals surface area contributed by atoms with E-state index >= 15 is 0 Å². The highest BCUT2D eigenvalue weighted by atomic mass is 32.2. The molecular formula is C19H18N4O3S3. The van der Waals surface area contributed by atoms with Gasteiger partial charge in [0.1, 0.15) is 0 Å². The van der Waals surface area contributed by atoms with E-state index in [-0.39, 0.29) is 10.8 Å². The standard InChI is InChI=1S/C19H18N4O3S3/c1-3-12-27-19-22-21-18(28-19)20-17(24)15-10-7-11-16(13(15)2)23-29(25,26)14-8-5-4-6-9-14/h3-11,23H,1,12H2,2H3,(H,20,21,24). The molecule has 7 nitrogen and oxygen atoms in total. The average molecular weight is 447 g/mol. The van der Waals surface area contributed by atoms with Gasteiger partial charge in [-0.3, -0.25) is 14.8 Å². The summed E-state index contributed by atoms with van der Waals surface area (Å²) < 4.78 is 28.4. The quantitative estimate of drug-likeness (QED) is 0.306. The van der Waals surface area contributed by atoms with Gasteiger partial charge in [0, 0.05) is 11.3 Å². The number of benzene rings is 2. The average Bonchev–Trinajstić information content (AvgIpc) is 3.15. The number of hydrogen-bond donors (Lipinski definition) is 2. The molecular weight excluding hydrogens is 428 g/mol. The summed E-state index contributed by atoms with van der Waals surface area (Å²) >= 11 is 2.74. The molecule has 150 valence electrons. The van der Waals surface area contributed by atoms with Gasteiger partial charge in [0.15, 0.2) is 4.34 Å². The van der Waals surface area contributed by atoms with E-state index in [4.69, 9.17) is 0 Å². The Morgan fingerprint density at radius 3 is 2.66 bits per heavy atom. The third-order valence-corrected chi connectivity index (χ3v) is 7.18. The van der Waals surface area contributed by atoms with Gasteiger partial charge in [-0.1, -0.05) is 53.4 Å². The van der Waals surface area contributed by atoms with Crippen molar-refractivity contribution in [3.05, 3.63) is 72.3 Å². The summed E-state index contributed by atoms with van der Waals surface area (Å²) in [5.41, 5.74) is 1.19. The first-order chi connectivity index (χ1) is 13.9. The highest BCUT2D eigenvalue weighted by molar-refractivity contribution is 8.01. The van der Waals surface area contributed by atoms with Gasteiger partial charge < -0.3 is 0 Å². The molecule has 0 fully saturated rings. The minimum atomic E-state index is -3.76.